The summed E-state index contributed by atoms with van der Waals surface area (Å²) in [5.74, 6) is 0.590. The zero-order chi connectivity index (χ0) is 13.5. The summed E-state index contributed by atoms with van der Waals surface area (Å²) < 4.78 is 1.89. The molecule has 102 valence electrons. The summed E-state index contributed by atoms with van der Waals surface area (Å²) >= 11 is 0. The second kappa shape index (κ2) is 6.95. The van der Waals surface area contributed by atoms with Gasteiger partial charge in [-0.1, -0.05) is 30.3 Å². The summed E-state index contributed by atoms with van der Waals surface area (Å²) in [6.07, 6.45) is 4.24. The Balaban J connectivity index is 1.63. The maximum absolute atomic E-state index is 5.58. The van der Waals surface area contributed by atoms with E-state index < -0.39 is 0 Å². The number of hydrogen-bond donors (Lipinski definition) is 1. The van der Waals surface area contributed by atoms with Gasteiger partial charge in [0.1, 0.15) is 5.82 Å². The van der Waals surface area contributed by atoms with E-state index in [0.717, 1.165) is 26.1 Å². The maximum atomic E-state index is 5.58. The van der Waals surface area contributed by atoms with Crippen molar-refractivity contribution >= 4 is 5.82 Å². The minimum absolute atomic E-state index is 0.590. The van der Waals surface area contributed by atoms with Gasteiger partial charge in [0.2, 0.25) is 0 Å². The quantitative estimate of drug-likeness (QED) is 0.826. The molecule has 2 aromatic rings. The first-order valence-electron chi connectivity index (χ1n) is 6.75. The largest absolute Gasteiger partial charge is 0.382 e. The van der Waals surface area contributed by atoms with Crippen LogP contribution in [0, 0.1) is 0 Å². The van der Waals surface area contributed by atoms with Gasteiger partial charge in [0.05, 0.1) is 6.54 Å². The van der Waals surface area contributed by atoms with E-state index in [0.29, 0.717) is 5.82 Å². The summed E-state index contributed by atoms with van der Waals surface area (Å²) in [5.41, 5.74) is 7.00. The Hall–Kier alpha value is -1.81. The van der Waals surface area contributed by atoms with E-state index in [1.54, 1.807) is 0 Å². The third-order valence-electron chi connectivity index (χ3n) is 3.22. The van der Waals surface area contributed by atoms with Gasteiger partial charge in [-0.3, -0.25) is 4.68 Å². The molecule has 0 bridgehead atoms. The van der Waals surface area contributed by atoms with Gasteiger partial charge in [0, 0.05) is 12.7 Å². The third kappa shape index (κ3) is 4.75. The standard InChI is InChI=1S/C15H22N4/c1-18(12-13-19-11-9-15(16)17-19)10-5-8-14-6-3-2-4-7-14/h2-4,6-7,9,11H,5,8,10,12-13H2,1H3,(H2,16,17). The van der Waals surface area contributed by atoms with E-state index in [1.807, 2.05) is 16.9 Å². The lowest BCUT2D eigenvalue weighted by Crippen LogP contribution is -2.25. The van der Waals surface area contributed by atoms with Gasteiger partial charge in [0.25, 0.3) is 0 Å². The van der Waals surface area contributed by atoms with Gasteiger partial charge >= 0.3 is 0 Å². The van der Waals surface area contributed by atoms with Crippen LogP contribution in [0.25, 0.3) is 0 Å². The van der Waals surface area contributed by atoms with Crippen molar-refractivity contribution in [3.63, 3.8) is 0 Å². The fourth-order valence-corrected chi connectivity index (χ4v) is 2.08. The molecule has 1 aromatic heterocycles. The molecule has 2 rings (SSSR count). The Labute approximate surface area is 114 Å². The number of likely N-dealkylation sites (N-methyl/N-ethyl adjacent to an activating group) is 1. The van der Waals surface area contributed by atoms with E-state index in [4.69, 9.17) is 5.73 Å². The van der Waals surface area contributed by atoms with Crippen LogP contribution in [0.4, 0.5) is 5.82 Å². The van der Waals surface area contributed by atoms with Crippen molar-refractivity contribution in [1.29, 1.82) is 0 Å². The molecule has 19 heavy (non-hydrogen) atoms. The molecule has 0 aliphatic heterocycles. The van der Waals surface area contributed by atoms with Crippen LogP contribution in [-0.4, -0.2) is 34.8 Å². The number of nitrogens with zero attached hydrogens (tertiary/aromatic N) is 3. The van der Waals surface area contributed by atoms with Crippen molar-refractivity contribution < 1.29 is 0 Å². The number of nitrogen functional groups attached to an aromatic ring is 1. The van der Waals surface area contributed by atoms with E-state index in [2.05, 4.69) is 47.4 Å². The van der Waals surface area contributed by atoms with Gasteiger partial charge in [-0.15, -0.1) is 0 Å². The molecule has 0 amide bonds. The number of rotatable bonds is 7. The van der Waals surface area contributed by atoms with Gasteiger partial charge in [-0.2, -0.15) is 5.10 Å². The van der Waals surface area contributed by atoms with Crippen LogP contribution in [-0.2, 0) is 13.0 Å². The van der Waals surface area contributed by atoms with Crippen LogP contribution in [0.1, 0.15) is 12.0 Å². The molecule has 1 heterocycles. The van der Waals surface area contributed by atoms with Crippen LogP contribution < -0.4 is 5.73 Å². The van der Waals surface area contributed by atoms with Crippen LogP contribution >= 0.6 is 0 Å². The van der Waals surface area contributed by atoms with Crippen LogP contribution in [0.5, 0.6) is 0 Å². The van der Waals surface area contributed by atoms with E-state index in [1.165, 1.54) is 12.0 Å². The lowest BCUT2D eigenvalue weighted by Gasteiger charge is -2.16. The molecule has 1 aromatic carbocycles. The number of benzene rings is 1. The van der Waals surface area contributed by atoms with Crippen molar-refractivity contribution in [2.75, 3.05) is 25.9 Å². The predicted molar refractivity (Wildman–Crippen MR) is 78.9 cm³/mol. The van der Waals surface area contributed by atoms with E-state index >= 15 is 0 Å². The molecular weight excluding hydrogens is 236 g/mol. The minimum atomic E-state index is 0.590. The highest BCUT2D eigenvalue weighted by atomic mass is 15.3. The molecule has 4 heteroatoms. The highest BCUT2D eigenvalue weighted by Crippen LogP contribution is 2.03. The minimum Gasteiger partial charge on any atom is -0.382 e. The van der Waals surface area contributed by atoms with Crippen molar-refractivity contribution in [2.45, 2.75) is 19.4 Å². The Morgan fingerprint density at radius 1 is 1.16 bits per heavy atom. The van der Waals surface area contributed by atoms with E-state index in [-0.39, 0.29) is 0 Å². The lowest BCUT2D eigenvalue weighted by atomic mass is 10.1. The third-order valence-corrected chi connectivity index (χ3v) is 3.22. The highest BCUT2D eigenvalue weighted by molar-refractivity contribution is 5.23. The van der Waals surface area contributed by atoms with Gasteiger partial charge in [0.15, 0.2) is 0 Å². The van der Waals surface area contributed by atoms with Crippen molar-refractivity contribution in [3.05, 3.63) is 48.2 Å². The summed E-state index contributed by atoms with van der Waals surface area (Å²) in [6, 6.07) is 12.5. The summed E-state index contributed by atoms with van der Waals surface area (Å²) in [7, 11) is 2.15. The SMILES string of the molecule is CN(CCCc1ccccc1)CCn1ccc(N)n1. The molecule has 0 spiro atoms. The molecule has 0 aliphatic rings. The van der Waals surface area contributed by atoms with Gasteiger partial charge < -0.3 is 10.6 Å². The van der Waals surface area contributed by atoms with Gasteiger partial charge in [-0.25, -0.2) is 0 Å². The summed E-state index contributed by atoms with van der Waals surface area (Å²) in [5, 5.41) is 4.18. The smallest absolute Gasteiger partial charge is 0.145 e. The van der Waals surface area contributed by atoms with Crippen molar-refractivity contribution in [2.24, 2.45) is 0 Å². The summed E-state index contributed by atoms with van der Waals surface area (Å²) in [4.78, 5) is 2.33. The number of aryl methyl sites for hydroxylation is 1. The zero-order valence-electron chi connectivity index (χ0n) is 11.5. The highest BCUT2D eigenvalue weighted by Gasteiger charge is 2.00. The van der Waals surface area contributed by atoms with Crippen molar-refractivity contribution in [3.8, 4) is 0 Å². The molecule has 0 saturated heterocycles. The van der Waals surface area contributed by atoms with Crippen LogP contribution in [0.15, 0.2) is 42.6 Å². The normalized spacial score (nSPS) is 11.1. The second-order valence-corrected chi connectivity index (χ2v) is 4.90. The second-order valence-electron chi connectivity index (χ2n) is 4.90. The molecule has 2 N–H and O–H groups in total. The lowest BCUT2D eigenvalue weighted by molar-refractivity contribution is 0.309. The molecule has 0 radical (unpaired) electrons. The molecule has 0 unspecified atom stereocenters. The number of anilines is 1. The molecule has 0 saturated carbocycles. The number of nitrogens with two attached hydrogens (primary N) is 1. The topological polar surface area (TPSA) is 47.1 Å². The van der Waals surface area contributed by atoms with Crippen LogP contribution in [0.3, 0.4) is 0 Å². The fraction of sp³-hybridized carbons (Fsp3) is 0.400. The molecule has 4 nitrogen and oxygen atoms in total. The first-order valence-corrected chi connectivity index (χ1v) is 6.75. The maximum Gasteiger partial charge on any atom is 0.145 e. The molecule has 0 atom stereocenters. The van der Waals surface area contributed by atoms with Gasteiger partial charge in [-0.05, 0) is 38.1 Å². The predicted octanol–water partition coefficient (Wildman–Crippen LogP) is 2.03. The van der Waals surface area contributed by atoms with Crippen LogP contribution in [0.2, 0.25) is 0 Å². The first kappa shape index (κ1) is 13.6. The number of hydrogen-bond acceptors (Lipinski definition) is 3. The summed E-state index contributed by atoms with van der Waals surface area (Å²) in [6.45, 7) is 2.99. The monoisotopic (exact) mass is 258 g/mol. The molecule has 0 aliphatic carbocycles. The molecule has 0 fully saturated rings. The zero-order valence-corrected chi connectivity index (χ0v) is 11.5. The Kier molecular flexibility index (Phi) is 4.98. The number of aromatic nitrogens is 2. The Morgan fingerprint density at radius 2 is 1.95 bits per heavy atom. The van der Waals surface area contributed by atoms with E-state index in [9.17, 15) is 0 Å². The fourth-order valence-electron chi connectivity index (χ4n) is 2.08. The molecular formula is C15H22N4. The van der Waals surface area contributed by atoms with Crippen molar-refractivity contribution in [1.82, 2.24) is 14.7 Å². The Morgan fingerprint density at radius 3 is 2.63 bits per heavy atom. The average molecular weight is 258 g/mol. The first-order chi connectivity index (χ1) is 9.24. The average Bonchev–Trinajstić information content (AvgIpc) is 2.83. The Bertz CT molecular complexity index is 478.